The molecule has 29 heavy (non-hydrogen) atoms. The second kappa shape index (κ2) is 8.23. The van der Waals surface area contributed by atoms with Crippen molar-refractivity contribution in [2.24, 2.45) is 0 Å². The van der Waals surface area contributed by atoms with Crippen LogP contribution in [0.25, 0.3) is 5.57 Å². The zero-order valence-electron chi connectivity index (χ0n) is 16.7. The lowest BCUT2D eigenvalue weighted by Crippen LogP contribution is -2.23. The van der Waals surface area contributed by atoms with Crippen molar-refractivity contribution in [3.8, 4) is 11.6 Å². The minimum absolute atomic E-state index is 0.0260. The molecule has 2 aliphatic rings. The molecule has 1 amide bonds. The minimum Gasteiger partial charge on any atom is -0.491 e. The van der Waals surface area contributed by atoms with Gasteiger partial charge in [-0.15, -0.1) is 0 Å². The van der Waals surface area contributed by atoms with Crippen molar-refractivity contribution in [2.75, 3.05) is 13.7 Å². The van der Waals surface area contributed by atoms with Crippen LogP contribution in [0.3, 0.4) is 0 Å². The fourth-order valence-electron chi connectivity index (χ4n) is 3.70. The molecular weight excluding hydrogens is 371 g/mol. The van der Waals surface area contributed by atoms with Gasteiger partial charge < -0.3 is 14.8 Å². The molecule has 2 aromatic rings. The average molecular weight is 396 g/mol. The van der Waals surface area contributed by atoms with Gasteiger partial charge >= 0.3 is 0 Å². The Kier molecular flexibility index (Phi) is 5.51. The number of methoxy groups -OCH3 is 1. The van der Waals surface area contributed by atoms with E-state index >= 15 is 0 Å². The lowest BCUT2D eigenvalue weighted by atomic mass is 9.98. The van der Waals surface area contributed by atoms with Crippen molar-refractivity contribution in [1.82, 2.24) is 10.3 Å². The van der Waals surface area contributed by atoms with Gasteiger partial charge in [0, 0.05) is 23.6 Å². The minimum atomic E-state index is -0.424. The molecule has 1 atom stereocenters. The van der Waals surface area contributed by atoms with Crippen LogP contribution in [0.5, 0.6) is 11.6 Å². The number of benzene rings is 1. The highest BCUT2D eigenvalue weighted by Gasteiger charge is 2.28. The maximum atomic E-state index is 14.5. The van der Waals surface area contributed by atoms with Crippen LogP contribution >= 0.6 is 0 Å². The normalized spacial score (nSPS) is 19.2. The molecule has 0 spiro atoms. The molecule has 0 radical (unpaired) electrons. The highest BCUT2D eigenvalue weighted by atomic mass is 19.1. The number of aromatic nitrogens is 1. The quantitative estimate of drug-likeness (QED) is 0.761. The number of halogens is 1. The summed E-state index contributed by atoms with van der Waals surface area (Å²) in [6, 6.07) is 8.79. The fourth-order valence-corrected chi connectivity index (χ4v) is 3.70. The Bertz CT molecular complexity index is 953. The molecule has 1 aliphatic carbocycles. The number of amides is 1. The third-order valence-electron chi connectivity index (χ3n) is 5.32. The SMILES string of the molecule is CCOc1ccc(/C(=C\C2CCC(=O)N2)c2ccc(C3CC3)c(OC)n2)cc1F. The van der Waals surface area contributed by atoms with Gasteiger partial charge in [0.05, 0.1) is 19.4 Å². The monoisotopic (exact) mass is 396 g/mol. The standard InChI is InChI=1S/C23H25FN2O3/c1-3-29-21-10-6-15(12-19(21)24)18(13-16-7-11-22(27)25-16)20-9-8-17(14-4-5-14)23(26-20)28-2/h6,8-10,12-14,16H,3-5,7,11H2,1-2H3,(H,25,27)/b18-13+. The number of ether oxygens (including phenoxy) is 2. The molecule has 1 saturated carbocycles. The summed E-state index contributed by atoms with van der Waals surface area (Å²) in [4.78, 5) is 16.4. The van der Waals surface area contributed by atoms with Crippen LogP contribution in [0, 0.1) is 5.82 Å². The number of hydrogen-bond acceptors (Lipinski definition) is 4. The van der Waals surface area contributed by atoms with Crippen LogP contribution in [0.4, 0.5) is 4.39 Å². The van der Waals surface area contributed by atoms with Crippen molar-refractivity contribution in [1.29, 1.82) is 0 Å². The van der Waals surface area contributed by atoms with E-state index in [0.29, 0.717) is 42.5 Å². The molecule has 2 fully saturated rings. The predicted octanol–water partition coefficient (Wildman–Crippen LogP) is 4.22. The molecule has 4 rings (SSSR count). The Labute approximate surface area is 169 Å². The van der Waals surface area contributed by atoms with E-state index in [0.717, 1.165) is 24.0 Å². The smallest absolute Gasteiger partial charge is 0.220 e. The van der Waals surface area contributed by atoms with Gasteiger partial charge in [-0.2, -0.15) is 0 Å². The highest BCUT2D eigenvalue weighted by Crippen LogP contribution is 2.44. The number of nitrogens with zero attached hydrogens (tertiary/aromatic N) is 1. The molecular formula is C23H25FN2O3. The number of hydrogen-bond donors (Lipinski definition) is 1. The summed E-state index contributed by atoms with van der Waals surface area (Å²) < 4.78 is 25.4. The van der Waals surface area contributed by atoms with E-state index in [1.165, 1.54) is 6.07 Å². The molecule has 0 bridgehead atoms. The van der Waals surface area contributed by atoms with Crippen LogP contribution in [0.2, 0.25) is 0 Å². The van der Waals surface area contributed by atoms with Gasteiger partial charge in [0.25, 0.3) is 0 Å². The molecule has 152 valence electrons. The van der Waals surface area contributed by atoms with Crippen molar-refractivity contribution >= 4 is 11.5 Å². The van der Waals surface area contributed by atoms with E-state index in [1.54, 1.807) is 13.2 Å². The second-order valence-electron chi connectivity index (χ2n) is 7.44. The summed E-state index contributed by atoms with van der Waals surface area (Å²) in [7, 11) is 1.62. The maximum Gasteiger partial charge on any atom is 0.220 e. The number of nitrogens with one attached hydrogen (secondary N) is 1. The molecule has 1 aromatic heterocycles. The van der Waals surface area contributed by atoms with Crippen LogP contribution in [0.1, 0.15) is 55.3 Å². The van der Waals surface area contributed by atoms with E-state index in [1.807, 2.05) is 31.2 Å². The summed E-state index contributed by atoms with van der Waals surface area (Å²) in [6.45, 7) is 2.22. The van der Waals surface area contributed by atoms with Gasteiger partial charge in [-0.25, -0.2) is 9.37 Å². The van der Waals surface area contributed by atoms with Gasteiger partial charge in [-0.1, -0.05) is 18.2 Å². The van der Waals surface area contributed by atoms with Crippen molar-refractivity contribution < 1.29 is 18.7 Å². The molecule has 1 aromatic carbocycles. The van der Waals surface area contributed by atoms with Crippen molar-refractivity contribution in [3.05, 3.63) is 59.0 Å². The van der Waals surface area contributed by atoms with Gasteiger partial charge in [0.2, 0.25) is 11.8 Å². The van der Waals surface area contributed by atoms with Crippen molar-refractivity contribution in [3.63, 3.8) is 0 Å². The Hall–Kier alpha value is -2.89. The van der Waals surface area contributed by atoms with Crippen LogP contribution in [-0.4, -0.2) is 30.6 Å². The first-order valence-corrected chi connectivity index (χ1v) is 10.1. The Morgan fingerprint density at radius 3 is 2.72 bits per heavy atom. The number of carbonyl (C=O) groups is 1. The van der Waals surface area contributed by atoms with Crippen molar-refractivity contribution in [2.45, 2.75) is 44.6 Å². The van der Waals surface area contributed by atoms with E-state index in [2.05, 4.69) is 5.32 Å². The van der Waals surface area contributed by atoms with E-state index in [9.17, 15) is 9.18 Å². The number of rotatable bonds is 7. The predicted molar refractivity (Wildman–Crippen MR) is 109 cm³/mol. The summed E-state index contributed by atoms with van der Waals surface area (Å²) in [5, 5.41) is 2.95. The molecule has 1 N–H and O–H groups in total. The molecule has 5 nitrogen and oxygen atoms in total. The fraction of sp³-hybridized carbons (Fsp3) is 0.391. The largest absolute Gasteiger partial charge is 0.491 e. The molecule has 6 heteroatoms. The maximum absolute atomic E-state index is 14.5. The third kappa shape index (κ3) is 4.26. The first-order chi connectivity index (χ1) is 14.1. The van der Waals surface area contributed by atoms with Gasteiger partial charge in [-0.3, -0.25) is 4.79 Å². The highest BCUT2D eigenvalue weighted by molar-refractivity contribution is 5.82. The first kappa shape index (κ1) is 19.4. The zero-order valence-corrected chi connectivity index (χ0v) is 16.7. The summed E-state index contributed by atoms with van der Waals surface area (Å²) in [5.74, 6) is 0.943. The topological polar surface area (TPSA) is 60.5 Å². The molecule has 1 aliphatic heterocycles. The third-order valence-corrected chi connectivity index (χ3v) is 5.32. The molecule has 1 saturated heterocycles. The van der Waals surface area contributed by atoms with Gasteiger partial charge in [0.15, 0.2) is 11.6 Å². The van der Waals surface area contributed by atoms with Crippen LogP contribution < -0.4 is 14.8 Å². The summed E-state index contributed by atoms with van der Waals surface area (Å²) in [5.41, 5.74) is 3.25. The van der Waals surface area contributed by atoms with Crippen LogP contribution in [-0.2, 0) is 4.79 Å². The van der Waals surface area contributed by atoms with E-state index in [-0.39, 0.29) is 17.7 Å². The van der Waals surface area contributed by atoms with E-state index < -0.39 is 5.82 Å². The lowest BCUT2D eigenvalue weighted by molar-refractivity contribution is -0.119. The summed E-state index contributed by atoms with van der Waals surface area (Å²) >= 11 is 0. The Morgan fingerprint density at radius 1 is 1.28 bits per heavy atom. The Morgan fingerprint density at radius 2 is 2.10 bits per heavy atom. The molecule has 2 heterocycles. The van der Waals surface area contributed by atoms with Gasteiger partial charge in [-0.05, 0) is 55.9 Å². The Balaban J connectivity index is 1.76. The number of carbonyl (C=O) groups excluding carboxylic acids is 1. The first-order valence-electron chi connectivity index (χ1n) is 10.1. The molecule has 1 unspecified atom stereocenters. The lowest BCUT2D eigenvalue weighted by Gasteiger charge is -2.15. The number of pyridine rings is 1. The average Bonchev–Trinajstić information content (AvgIpc) is 3.49. The second-order valence-corrected chi connectivity index (χ2v) is 7.44. The van der Waals surface area contributed by atoms with Crippen LogP contribution in [0.15, 0.2) is 36.4 Å². The summed E-state index contributed by atoms with van der Waals surface area (Å²) in [6.07, 6.45) is 5.46. The zero-order chi connectivity index (χ0) is 20.4. The van der Waals surface area contributed by atoms with E-state index in [4.69, 9.17) is 14.5 Å². The van der Waals surface area contributed by atoms with Gasteiger partial charge in [0.1, 0.15) is 0 Å².